The number of hydrogen-bond acceptors (Lipinski definition) is 4. The fourth-order valence-corrected chi connectivity index (χ4v) is 6.85. The van der Waals surface area contributed by atoms with Gasteiger partial charge in [0.05, 0.1) is 28.2 Å². The van der Waals surface area contributed by atoms with Gasteiger partial charge in [0.25, 0.3) is 0 Å². The van der Waals surface area contributed by atoms with E-state index in [-0.39, 0.29) is 17.4 Å². The number of aryl methyl sites for hydroxylation is 1. The topological polar surface area (TPSA) is 55.8 Å². The Labute approximate surface area is 173 Å². The first-order chi connectivity index (χ1) is 13.7. The summed E-state index contributed by atoms with van der Waals surface area (Å²) in [4.78, 5) is 27.7. The molecular weight excluding hydrogens is 382 g/mol. The highest BCUT2D eigenvalue weighted by molar-refractivity contribution is 6.78. The second-order valence-electron chi connectivity index (χ2n) is 8.65. The van der Waals surface area contributed by atoms with Crippen LogP contribution in [-0.4, -0.2) is 40.2 Å². The molecule has 1 aliphatic rings. The van der Waals surface area contributed by atoms with Crippen LogP contribution < -0.4 is 9.64 Å². The van der Waals surface area contributed by atoms with Crippen molar-refractivity contribution in [2.24, 2.45) is 5.92 Å². The first-order valence-corrected chi connectivity index (χ1v) is 13.4. The molecule has 29 heavy (non-hydrogen) atoms. The van der Waals surface area contributed by atoms with E-state index >= 15 is 0 Å². The molecule has 3 atom stereocenters. The normalized spacial score (nSPS) is 20.1. The Bertz CT molecular complexity index is 887. The molecular formula is C23H29NO4Si. The number of nitrogens with zero attached hydrogens (tertiary/aromatic N) is 1. The summed E-state index contributed by atoms with van der Waals surface area (Å²) in [6.07, 6.45) is 0. The summed E-state index contributed by atoms with van der Waals surface area (Å²) in [5.41, 5.74) is 3.00. The number of anilines is 1. The van der Waals surface area contributed by atoms with Crippen LogP contribution in [0.25, 0.3) is 0 Å². The minimum atomic E-state index is -1.84. The third-order valence-electron chi connectivity index (χ3n) is 5.66. The van der Waals surface area contributed by atoms with E-state index in [0.717, 1.165) is 5.56 Å². The zero-order chi connectivity index (χ0) is 21.3. The lowest BCUT2D eigenvalue weighted by molar-refractivity contribution is -0.152. The largest absolute Gasteiger partial charge is 0.497 e. The molecule has 5 nitrogen and oxygen atoms in total. The van der Waals surface area contributed by atoms with Gasteiger partial charge in [-0.3, -0.25) is 9.69 Å². The number of ether oxygens (including phenoxy) is 2. The molecule has 0 spiro atoms. The van der Waals surface area contributed by atoms with Crippen molar-refractivity contribution >= 4 is 25.6 Å². The average molecular weight is 412 g/mol. The number of carbonyl (C=O) groups is 2. The summed E-state index contributed by atoms with van der Waals surface area (Å²) in [5.74, 6) is -0.120. The number of benzene rings is 2. The molecule has 0 unspecified atom stereocenters. The van der Waals surface area contributed by atoms with E-state index in [1.54, 1.807) is 36.3 Å². The lowest BCUT2D eigenvalue weighted by Crippen LogP contribution is -2.68. The maximum Gasteiger partial charge on any atom is 0.329 e. The quantitative estimate of drug-likeness (QED) is 0.407. The summed E-state index contributed by atoms with van der Waals surface area (Å²) < 4.78 is 10.3. The number of esters is 1. The molecule has 0 aliphatic carbocycles. The Hall–Kier alpha value is -2.60. The van der Waals surface area contributed by atoms with Crippen molar-refractivity contribution in [2.75, 3.05) is 19.1 Å². The van der Waals surface area contributed by atoms with Gasteiger partial charge >= 0.3 is 5.97 Å². The molecule has 2 aromatic rings. The van der Waals surface area contributed by atoms with Crippen LogP contribution in [0.3, 0.4) is 0 Å². The Morgan fingerprint density at radius 2 is 1.59 bits per heavy atom. The van der Waals surface area contributed by atoms with Crippen molar-refractivity contribution in [1.82, 2.24) is 0 Å². The van der Waals surface area contributed by atoms with Gasteiger partial charge in [-0.1, -0.05) is 49.5 Å². The third-order valence-corrected chi connectivity index (χ3v) is 8.22. The first kappa shape index (κ1) is 21.1. The Kier molecular flexibility index (Phi) is 5.84. The lowest BCUT2D eigenvalue weighted by Gasteiger charge is -2.51. The van der Waals surface area contributed by atoms with Crippen LogP contribution in [0.1, 0.15) is 16.7 Å². The van der Waals surface area contributed by atoms with E-state index in [9.17, 15) is 9.59 Å². The molecule has 0 radical (unpaired) electrons. The summed E-state index contributed by atoms with van der Waals surface area (Å²) in [7, 11) is 1.13. The first-order valence-electron chi connectivity index (χ1n) is 9.80. The zero-order valence-electron chi connectivity index (χ0n) is 17.9. The van der Waals surface area contributed by atoms with Crippen LogP contribution in [0, 0.1) is 12.8 Å². The van der Waals surface area contributed by atoms with Gasteiger partial charge in [0.1, 0.15) is 11.8 Å². The highest BCUT2D eigenvalue weighted by Gasteiger charge is 2.58. The Morgan fingerprint density at radius 3 is 2.07 bits per heavy atom. The standard InChI is InChI=1S/C23H29NO4Si/c1-15-7-9-16(10-8-15)21(29(4,5)6)19-20(23(26)28-3)24(22(19)25)17-11-13-18(27-2)14-12-17/h7-14,19-21H,1-6H3/t19-,20+,21+/m0/s1. The second-order valence-corrected chi connectivity index (χ2v) is 14.0. The van der Waals surface area contributed by atoms with Crippen LogP contribution in [0.4, 0.5) is 5.69 Å². The van der Waals surface area contributed by atoms with Crippen molar-refractivity contribution in [3.05, 3.63) is 59.7 Å². The molecule has 1 saturated heterocycles. The minimum Gasteiger partial charge on any atom is -0.497 e. The molecule has 0 saturated carbocycles. The van der Waals surface area contributed by atoms with Crippen molar-refractivity contribution in [3.8, 4) is 5.75 Å². The van der Waals surface area contributed by atoms with Crippen molar-refractivity contribution in [3.63, 3.8) is 0 Å². The van der Waals surface area contributed by atoms with Crippen LogP contribution in [-0.2, 0) is 14.3 Å². The van der Waals surface area contributed by atoms with E-state index in [1.807, 2.05) is 6.92 Å². The van der Waals surface area contributed by atoms with Gasteiger partial charge in [-0.25, -0.2) is 4.79 Å². The summed E-state index contributed by atoms with van der Waals surface area (Å²) in [5, 5.41) is 0. The summed E-state index contributed by atoms with van der Waals surface area (Å²) in [6.45, 7) is 8.78. The number of hydrogen-bond donors (Lipinski definition) is 0. The van der Waals surface area contributed by atoms with Gasteiger partial charge < -0.3 is 9.47 Å². The number of rotatable bonds is 6. The molecule has 6 heteroatoms. The Balaban J connectivity index is 2.02. The molecule has 1 amide bonds. The van der Waals surface area contributed by atoms with Crippen molar-refractivity contribution < 1.29 is 19.1 Å². The molecule has 154 valence electrons. The van der Waals surface area contributed by atoms with Gasteiger partial charge in [-0.15, -0.1) is 0 Å². The molecule has 1 fully saturated rings. The minimum absolute atomic E-state index is 0.0224. The molecule has 0 bridgehead atoms. The molecule has 3 rings (SSSR count). The fraction of sp³-hybridized carbons (Fsp3) is 0.391. The van der Waals surface area contributed by atoms with Crippen LogP contribution in [0.2, 0.25) is 19.6 Å². The average Bonchev–Trinajstić information content (AvgIpc) is 2.69. The highest BCUT2D eigenvalue weighted by atomic mass is 28.3. The maximum atomic E-state index is 13.4. The summed E-state index contributed by atoms with van der Waals surface area (Å²) >= 11 is 0. The van der Waals surface area contributed by atoms with Crippen molar-refractivity contribution in [1.29, 1.82) is 0 Å². The van der Waals surface area contributed by atoms with Gasteiger partial charge in [0.15, 0.2) is 0 Å². The molecule has 1 aliphatic heterocycles. The molecule has 2 aromatic carbocycles. The van der Waals surface area contributed by atoms with Crippen LogP contribution in [0.5, 0.6) is 5.75 Å². The smallest absolute Gasteiger partial charge is 0.329 e. The number of amides is 1. The molecule has 0 N–H and O–H groups in total. The summed E-state index contributed by atoms with van der Waals surface area (Å²) in [6, 6.07) is 14.9. The van der Waals surface area contributed by atoms with Gasteiger partial charge in [0, 0.05) is 5.69 Å². The number of methoxy groups -OCH3 is 2. The van der Waals surface area contributed by atoms with E-state index in [0.29, 0.717) is 11.4 Å². The van der Waals surface area contributed by atoms with E-state index in [1.165, 1.54) is 12.7 Å². The second kappa shape index (κ2) is 8.03. The van der Waals surface area contributed by atoms with E-state index in [2.05, 4.69) is 43.9 Å². The fourth-order valence-electron chi connectivity index (χ4n) is 4.26. The Morgan fingerprint density at radius 1 is 1.00 bits per heavy atom. The van der Waals surface area contributed by atoms with Crippen molar-refractivity contribution in [2.45, 2.75) is 38.1 Å². The number of carbonyl (C=O) groups excluding carboxylic acids is 2. The predicted molar refractivity (Wildman–Crippen MR) is 117 cm³/mol. The predicted octanol–water partition coefficient (Wildman–Crippen LogP) is 4.17. The van der Waals surface area contributed by atoms with E-state index < -0.39 is 20.0 Å². The molecule has 1 heterocycles. The van der Waals surface area contributed by atoms with E-state index in [4.69, 9.17) is 9.47 Å². The maximum absolute atomic E-state index is 13.4. The molecule has 0 aromatic heterocycles. The SMILES string of the molecule is COC(=O)[C@H]1[C@@H]([C@@H](c2ccc(C)cc2)[Si](C)(C)C)C(=O)N1c1ccc(OC)cc1. The highest BCUT2D eigenvalue weighted by Crippen LogP contribution is 2.46. The third kappa shape index (κ3) is 3.94. The lowest BCUT2D eigenvalue weighted by atomic mass is 9.81. The zero-order valence-corrected chi connectivity index (χ0v) is 18.9. The number of β-lactam (4-membered cyclic amide) rings is 1. The van der Waals surface area contributed by atoms with Crippen LogP contribution in [0.15, 0.2) is 48.5 Å². The van der Waals surface area contributed by atoms with Gasteiger partial charge in [-0.2, -0.15) is 0 Å². The van der Waals surface area contributed by atoms with Crippen LogP contribution >= 0.6 is 0 Å². The van der Waals surface area contributed by atoms with Gasteiger partial charge in [-0.05, 0) is 42.3 Å². The van der Waals surface area contributed by atoms with Gasteiger partial charge in [0.2, 0.25) is 5.91 Å². The monoisotopic (exact) mass is 411 g/mol.